The van der Waals surface area contributed by atoms with Gasteiger partial charge in [0, 0.05) is 32.2 Å². The van der Waals surface area contributed by atoms with E-state index >= 15 is 0 Å². The number of carbonyl (C=O) groups is 2. The molecule has 0 saturated carbocycles. The van der Waals surface area contributed by atoms with Crippen LogP contribution >= 0.6 is 0 Å². The van der Waals surface area contributed by atoms with Crippen molar-refractivity contribution < 1.29 is 27.0 Å². The zero-order chi connectivity index (χ0) is 24.5. The molecule has 0 unspecified atom stereocenters. The Morgan fingerprint density at radius 1 is 1.00 bits per heavy atom. The molecule has 9 nitrogen and oxygen atoms in total. The van der Waals surface area contributed by atoms with Gasteiger partial charge in [-0.3, -0.25) is 9.69 Å². The highest BCUT2D eigenvalue weighted by atomic mass is 32.2. The molecule has 0 aromatic heterocycles. The first-order valence-electron chi connectivity index (χ1n) is 11.7. The summed E-state index contributed by atoms with van der Waals surface area (Å²) >= 11 is 0. The first-order valence-corrected chi connectivity index (χ1v) is 13.5. The molecule has 0 aliphatic carbocycles. The van der Waals surface area contributed by atoms with E-state index in [4.69, 9.17) is 9.02 Å². The van der Waals surface area contributed by atoms with Crippen LogP contribution in [0.5, 0.6) is 0 Å². The highest BCUT2D eigenvalue weighted by Crippen LogP contribution is 2.20. The van der Waals surface area contributed by atoms with Gasteiger partial charge >= 0.3 is 6.09 Å². The van der Waals surface area contributed by atoms with E-state index in [1.54, 1.807) is 25.7 Å². The van der Waals surface area contributed by atoms with Crippen LogP contribution in [-0.4, -0.2) is 85.4 Å². The quantitative estimate of drug-likeness (QED) is 0.421. The molecular weight excluding hydrogens is 434 g/mol. The van der Waals surface area contributed by atoms with Gasteiger partial charge in [-0.2, -0.15) is 13.5 Å². The zero-order valence-electron chi connectivity index (χ0n) is 20.9. The second-order valence-corrected chi connectivity index (χ2v) is 11.1. The molecule has 1 aliphatic heterocycles. The normalized spacial score (nSPS) is 16.8. The maximum absolute atomic E-state index is 13.1. The van der Waals surface area contributed by atoms with Gasteiger partial charge in [-0.05, 0) is 40.5 Å². The fourth-order valence-corrected chi connectivity index (χ4v) is 4.25. The molecule has 0 spiro atoms. The Kier molecular flexibility index (Phi) is 11.4. The smallest absolute Gasteiger partial charge is 0.436 e. The minimum atomic E-state index is -4.02. The topological polar surface area (TPSA) is 96.5 Å². The van der Waals surface area contributed by atoms with Gasteiger partial charge in [-0.1, -0.05) is 39.5 Å². The van der Waals surface area contributed by atoms with Crippen LogP contribution in [-0.2, 0) is 23.9 Å². The molecule has 1 heterocycles. The molecule has 10 heteroatoms. The largest absolute Gasteiger partial charge is 0.442 e. The molecule has 2 amide bonds. The lowest BCUT2D eigenvalue weighted by molar-refractivity contribution is -0.151. The predicted molar refractivity (Wildman–Crippen MR) is 124 cm³/mol. The Labute approximate surface area is 194 Å². The van der Waals surface area contributed by atoms with Gasteiger partial charge in [0.1, 0.15) is 11.6 Å². The van der Waals surface area contributed by atoms with E-state index in [9.17, 15) is 18.0 Å². The van der Waals surface area contributed by atoms with Gasteiger partial charge in [0.15, 0.2) is 0 Å². The van der Waals surface area contributed by atoms with E-state index in [1.165, 1.54) is 32.6 Å². The summed E-state index contributed by atoms with van der Waals surface area (Å²) in [7, 11) is -4.02. The Morgan fingerprint density at radius 3 is 1.91 bits per heavy atom. The maximum atomic E-state index is 13.1. The van der Waals surface area contributed by atoms with Crippen LogP contribution in [0, 0.1) is 0 Å². The van der Waals surface area contributed by atoms with Crippen molar-refractivity contribution in [3.8, 4) is 0 Å². The Morgan fingerprint density at radius 2 is 1.50 bits per heavy atom. The summed E-state index contributed by atoms with van der Waals surface area (Å²) in [5, 5.41) is 0.528. The molecule has 0 aromatic carbocycles. The summed E-state index contributed by atoms with van der Waals surface area (Å²) in [5.41, 5.74) is -0.865. The monoisotopic (exact) mass is 477 g/mol. The number of rotatable bonds is 11. The number of nitrogens with zero attached hydrogens (tertiary/aromatic N) is 3. The standard InChI is InChI=1S/C22H43N3O6S/c1-8-10-12-19(13-11-9-2)23-14-16-24(17-15-23)20(26)18(3)25(31-32(7,28)29)21(27)30-22(4,5)6/h18-19H,8-17H2,1-7H3/t18-/m0/s1. The number of hydrogen-bond acceptors (Lipinski definition) is 7. The lowest BCUT2D eigenvalue weighted by Gasteiger charge is -2.41. The fraction of sp³-hybridized carbons (Fsp3) is 0.909. The third-order valence-corrected chi connectivity index (χ3v) is 5.85. The first kappa shape index (κ1) is 28.6. The van der Waals surface area contributed by atoms with E-state index in [2.05, 4.69) is 18.7 Å². The van der Waals surface area contributed by atoms with Crippen LogP contribution < -0.4 is 0 Å². The SMILES string of the molecule is CCCCC(CCCC)N1CCN(C(=O)[C@H](C)N(OS(C)(=O)=O)C(=O)OC(C)(C)C)CC1. The van der Waals surface area contributed by atoms with Gasteiger partial charge in [0.2, 0.25) is 5.91 Å². The second-order valence-electron chi connectivity index (χ2n) is 9.56. The van der Waals surface area contributed by atoms with Crippen molar-refractivity contribution in [1.82, 2.24) is 14.9 Å². The molecule has 1 rings (SSSR count). The van der Waals surface area contributed by atoms with Crippen molar-refractivity contribution in [2.75, 3.05) is 32.4 Å². The van der Waals surface area contributed by atoms with E-state index in [0.717, 1.165) is 32.2 Å². The third-order valence-electron chi connectivity index (χ3n) is 5.42. The summed E-state index contributed by atoms with van der Waals surface area (Å²) in [6.45, 7) is 13.4. The summed E-state index contributed by atoms with van der Waals surface area (Å²) in [6.07, 6.45) is 6.86. The maximum Gasteiger partial charge on any atom is 0.436 e. The predicted octanol–water partition coefficient (Wildman–Crippen LogP) is 3.40. The van der Waals surface area contributed by atoms with Crippen molar-refractivity contribution in [2.24, 2.45) is 0 Å². The van der Waals surface area contributed by atoms with Crippen molar-refractivity contribution in [2.45, 2.75) is 97.8 Å². The lowest BCUT2D eigenvalue weighted by atomic mass is 10.0. The minimum Gasteiger partial charge on any atom is -0.442 e. The van der Waals surface area contributed by atoms with Crippen LogP contribution in [0.15, 0.2) is 0 Å². The molecule has 1 fully saturated rings. The molecule has 0 radical (unpaired) electrons. The van der Waals surface area contributed by atoms with Crippen LogP contribution in [0.2, 0.25) is 0 Å². The molecule has 1 atom stereocenters. The Balaban J connectivity index is 2.83. The first-order chi connectivity index (χ1) is 14.8. The van der Waals surface area contributed by atoms with E-state index in [-0.39, 0.29) is 5.91 Å². The number of hydrogen-bond donors (Lipinski definition) is 0. The number of unbranched alkanes of at least 4 members (excludes halogenated alkanes) is 2. The van der Waals surface area contributed by atoms with E-state index in [0.29, 0.717) is 24.2 Å². The molecule has 0 bridgehead atoms. The minimum absolute atomic E-state index is 0.363. The van der Waals surface area contributed by atoms with Crippen molar-refractivity contribution in [3.63, 3.8) is 0 Å². The van der Waals surface area contributed by atoms with Crippen LogP contribution in [0.25, 0.3) is 0 Å². The molecule has 1 saturated heterocycles. The Hall–Kier alpha value is -1.39. The van der Waals surface area contributed by atoms with Crippen LogP contribution in [0.3, 0.4) is 0 Å². The fourth-order valence-electron chi connectivity index (χ4n) is 3.77. The van der Waals surface area contributed by atoms with Crippen molar-refractivity contribution >= 4 is 22.1 Å². The average molecular weight is 478 g/mol. The van der Waals surface area contributed by atoms with E-state index in [1.807, 2.05) is 0 Å². The van der Waals surface area contributed by atoms with Crippen molar-refractivity contribution in [1.29, 1.82) is 0 Å². The van der Waals surface area contributed by atoms with E-state index < -0.39 is 27.9 Å². The van der Waals surface area contributed by atoms with Gasteiger partial charge < -0.3 is 9.64 Å². The van der Waals surface area contributed by atoms with Crippen LogP contribution in [0.4, 0.5) is 4.79 Å². The number of carbonyl (C=O) groups excluding carboxylic acids is 2. The van der Waals surface area contributed by atoms with Gasteiger partial charge in [-0.15, -0.1) is 4.28 Å². The summed E-state index contributed by atoms with van der Waals surface area (Å²) in [5.74, 6) is -0.363. The molecule has 0 N–H and O–H groups in total. The summed E-state index contributed by atoms with van der Waals surface area (Å²) in [6, 6.07) is -0.612. The third kappa shape index (κ3) is 10.0. The number of amides is 2. The van der Waals surface area contributed by atoms with Gasteiger partial charge in [-0.25, -0.2) is 4.79 Å². The number of hydroxylamine groups is 2. The molecular formula is C22H43N3O6S. The summed E-state index contributed by atoms with van der Waals surface area (Å²) < 4.78 is 33.5. The number of piperazine rings is 1. The van der Waals surface area contributed by atoms with Gasteiger partial charge in [0.05, 0.1) is 6.26 Å². The lowest BCUT2D eigenvalue weighted by Crippen LogP contribution is -2.57. The Bertz CT molecular complexity index is 691. The molecule has 188 valence electrons. The highest BCUT2D eigenvalue weighted by molar-refractivity contribution is 7.85. The average Bonchev–Trinajstić information content (AvgIpc) is 2.69. The summed E-state index contributed by atoms with van der Waals surface area (Å²) in [4.78, 5) is 29.8. The zero-order valence-corrected chi connectivity index (χ0v) is 21.7. The van der Waals surface area contributed by atoms with Crippen molar-refractivity contribution in [3.05, 3.63) is 0 Å². The molecule has 32 heavy (non-hydrogen) atoms. The van der Waals surface area contributed by atoms with Crippen LogP contribution in [0.1, 0.15) is 80.1 Å². The molecule has 0 aromatic rings. The number of ether oxygens (including phenoxy) is 1. The second kappa shape index (κ2) is 12.7. The van der Waals surface area contributed by atoms with Gasteiger partial charge in [0.25, 0.3) is 10.1 Å². The molecule has 1 aliphatic rings. The highest BCUT2D eigenvalue weighted by Gasteiger charge is 2.37.